The number of aryl methyl sites for hydroxylation is 2. The van der Waals surface area contributed by atoms with Crippen LogP contribution in [0.1, 0.15) is 47.7 Å². The van der Waals surface area contributed by atoms with Crippen molar-refractivity contribution in [1.82, 2.24) is 0 Å². The molecular formula is C21H24N2O2. The van der Waals surface area contributed by atoms with Gasteiger partial charge in [0.25, 0.3) is 5.91 Å². The Morgan fingerprint density at radius 2 is 1.88 bits per heavy atom. The third kappa shape index (κ3) is 3.90. The fourth-order valence-electron chi connectivity index (χ4n) is 3.11. The molecule has 1 aliphatic heterocycles. The van der Waals surface area contributed by atoms with Crippen LogP contribution in [-0.4, -0.2) is 18.4 Å². The summed E-state index contributed by atoms with van der Waals surface area (Å²) >= 11 is 0. The second-order valence-electron chi connectivity index (χ2n) is 6.56. The maximum atomic E-state index is 12.4. The lowest BCUT2D eigenvalue weighted by Gasteiger charge is -2.29. The van der Waals surface area contributed by atoms with Gasteiger partial charge in [0.15, 0.2) is 0 Å². The lowest BCUT2D eigenvalue weighted by molar-refractivity contribution is -0.118. The number of nitrogens with zero attached hydrogens (tertiary/aromatic N) is 1. The Hall–Kier alpha value is -2.62. The van der Waals surface area contributed by atoms with Crippen LogP contribution < -0.4 is 10.2 Å². The van der Waals surface area contributed by atoms with Crippen molar-refractivity contribution in [3.05, 3.63) is 59.2 Å². The van der Waals surface area contributed by atoms with Crippen LogP contribution in [0.15, 0.2) is 42.5 Å². The summed E-state index contributed by atoms with van der Waals surface area (Å²) in [5, 5.41) is 2.95. The molecule has 25 heavy (non-hydrogen) atoms. The van der Waals surface area contributed by atoms with E-state index in [1.54, 1.807) is 0 Å². The Bertz CT molecular complexity index is 781. The number of fused-ring (bicyclic) bond motifs is 1. The van der Waals surface area contributed by atoms with Gasteiger partial charge in [0.1, 0.15) is 0 Å². The smallest absolute Gasteiger partial charge is 0.255 e. The molecular weight excluding hydrogens is 312 g/mol. The lowest BCUT2D eigenvalue weighted by Crippen LogP contribution is -2.35. The largest absolute Gasteiger partial charge is 0.322 e. The normalized spacial score (nSPS) is 13.5. The van der Waals surface area contributed by atoms with E-state index in [1.165, 1.54) is 0 Å². The minimum atomic E-state index is -0.116. The molecule has 0 unspecified atom stereocenters. The molecule has 0 bridgehead atoms. The van der Waals surface area contributed by atoms with Crippen LogP contribution in [0.5, 0.6) is 0 Å². The Morgan fingerprint density at radius 1 is 1.12 bits per heavy atom. The molecule has 0 radical (unpaired) electrons. The standard InChI is InChI=1S/C21H24N2O2/c1-3-4-13-23-19-11-10-18(14-17(19)9-12-20(23)24)22-21(25)16-7-5-15(2)6-8-16/h5-8,10-11,14H,3-4,9,12-13H2,1-2H3,(H,22,25). The lowest BCUT2D eigenvalue weighted by atomic mass is 10.00. The fraction of sp³-hybridized carbons (Fsp3) is 0.333. The molecule has 0 spiro atoms. The SMILES string of the molecule is CCCCN1C(=O)CCc2cc(NC(=O)c3ccc(C)cc3)ccc21. The second kappa shape index (κ2) is 7.51. The molecule has 4 heteroatoms. The molecule has 0 saturated carbocycles. The van der Waals surface area contributed by atoms with E-state index < -0.39 is 0 Å². The Balaban J connectivity index is 1.77. The van der Waals surface area contributed by atoms with E-state index in [2.05, 4.69) is 12.2 Å². The van der Waals surface area contributed by atoms with Crippen molar-refractivity contribution in [3.63, 3.8) is 0 Å². The predicted molar refractivity (Wildman–Crippen MR) is 101 cm³/mol. The minimum Gasteiger partial charge on any atom is -0.322 e. The zero-order chi connectivity index (χ0) is 17.8. The number of amides is 2. The van der Waals surface area contributed by atoms with Crippen molar-refractivity contribution >= 4 is 23.2 Å². The van der Waals surface area contributed by atoms with Gasteiger partial charge < -0.3 is 10.2 Å². The van der Waals surface area contributed by atoms with E-state index >= 15 is 0 Å². The summed E-state index contributed by atoms with van der Waals surface area (Å²) in [5.41, 5.74) is 4.65. The molecule has 0 aliphatic carbocycles. The van der Waals surface area contributed by atoms with Gasteiger partial charge in [-0.2, -0.15) is 0 Å². The van der Waals surface area contributed by atoms with Crippen LogP contribution in [-0.2, 0) is 11.2 Å². The Morgan fingerprint density at radius 3 is 2.60 bits per heavy atom. The number of nitrogens with one attached hydrogen (secondary N) is 1. The number of anilines is 2. The van der Waals surface area contributed by atoms with Crippen LogP contribution >= 0.6 is 0 Å². The monoisotopic (exact) mass is 336 g/mol. The van der Waals surface area contributed by atoms with Crippen LogP contribution in [0.3, 0.4) is 0 Å². The number of hydrogen-bond donors (Lipinski definition) is 1. The summed E-state index contributed by atoms with van der Waals surface area (Å²) in [6.45, 7) is 4.88. The van der Waals surface area contributed by atoms with Crippen molar-refractivity contribution in [2.24, 2.45) is 0 Å². The molecule has 0 fully saturated rings. The highest BCUT2D eigenvalue weighted by Crippen LogP contribution is 2.30. The quantitative estimate of drug-likeness (QED) is 0.883. The van der Waals surface area contributed by atoms with Crippen molar-refractivity contribution in [2.45, 2.75) is 39.5 Å². The van der Waals surface area contributed by atoms with Gasteiger partial charge in [0.05, 0.1) is 0 Å². The number of carbonyl (C=O) groups excluding carboxylic acids is 2. The predicted octanol–water partition coefficient (Wildman–Crippen LogP) is 4.33. The summed E-state index contributed by atoms with van der Waals surface area (Å²) in [6.07, 6.45) is 3.32. The van der Waals surface area contributed by atoms with Crippen molar-refractivity contribution in [3.8, 4) is 0 Å². The highest BCUT2D eigenvalue weighted by molar-refractivity contribution is 6.04. The molecule has 2 amide bonds. The van der Waals surface area contributed by atoms with Gasteiger partial charge in [-0.3, -0.25) is 9.59 Å². The molecule has 0 aromatic heterocycles. The van der Waals surface area contributed by atoms with Gasteiger partial charge in [-0.25, -0.2) is 0 Å². The molecule has 1 aliphatic rings. The summed E-state index contributed by atoms with van der Waals surface area (Å²) < 4.78 is 0. The van der Waals surface area contributed by atoms with Gasteiger partial charge in [-0.05, 0) is 55.7 Å². The highest BCUT2D eigenvalue weighted by Gasteiger charge is 2.23. The highest BCUT2D eigenvalue weighted by atomic mass is 16.2. The fourth-order valence-corrected chi connectivity index (χ4v) is 3.11. The molecule has 2 aromatic carbocycles. The third-order valence-corrected chi connectivity index (χ3v) is 4.59. The first-order chi connectivity index (χ1) is 12.1. The first-order valence-electron chi connectivity index (χ1n) is 8.90. The van der Waals surface area contributed by atoms with Crippen molar-refractivity contribution in [2.75, 3.05) is 16.8 Å². The molecule has 1 heterocycles. The van der Waals surface area contributed by atoms with Crippen molar-refractivity contribution < 1.29 is 9.59 Å². The topological polar surface area (TPSA) is 49.4 Å². The van der Waals surface area contributed by atoms with Gasteiger partial charge in [0, 0.05) is 29.9 Å². The zero-order valence-electron chi connectivity index (χ0n) is 14.8. The summed E-state index contributed by atoms with van der Waals surface area (Å²) in [5.74, 6) is 0.0760. The van der Waals surface area contributed by atoms with Crippen LogP contribution in [0.4, 0.5) is 11.4 Å². The molecule has 3 rings (SSSR count). The Labute approximate surface area is 148 Å². The van der Waals surface area contributed by atoms with Gasteiger partial charge in [-0.15, -0.1) is 0 Å². The molecule has 1 N–H and O–H groups in total. The molecule has 0 atom stereocenters. The maximum Gasteiger partial charge on any atom is 0.255 e. The van der Waals surface area contributed by atoms with E-state index in [0.717, 1.165) is 48.3 Å². The average Bonchev–Trinajstić information content (AvgIpc) is 2.61. The molecule has 130 valence electrons. The van der Waals surface area contributed by atoms with E-state index in [4.69, 9.17) is 0 Å². The number of rotatable bonds is 5. The summed E-state index contributed by atoms with van der Waals surface area (Å²) in [6, 6.07) is 13.3. The first kappa shape index (κ1) is 17.2. The molecule has 0 saturated heterocycles. The average molecular weight is 336 g/mol. The van der Waals surface area contributed by atoms with Crippen LogP contribution in [0, 0.1) is 6.92 Å². The van der Waals surface area contributed by atoms with E-state index in [9.17, 15) is 9.59 Å². The maximum absolute atomic E-state index is 12.4. The van der Waals surface area contributed by atoms with Crippen molar-refractivity contribution in [1.29, 1.82) is 0 Å². The first-order valence-corrected chi connectivity index (χ1v) is 8.90. The third-order valence-electron chi connectivity index (χ3n) is 4.59. The molecule has 4 nitrogen and oxygen atoms in total. The summed E-state index contributed by atoms with van der Waals surface area (Å²) in [4.78, 5) is 26.5. The Kier molecular flexibility index (Phi) is 5.17. The van der Waals surface area contributed by atoms with Gasteiger partial charge in [0.2, 0.25) is 5.91 Å². The summed E-state index contributed by atoms with van der Waals surface area (Å²) in [7, 11) is 0. The number of benzene rings is 2. The van der Waals surface area contributed by atoms with Crippen LogP contribution in [0.25, 0.3) is 0 Å². The van der Waals surface area contributed by atoms with E-state index in [1.807, 2.05) is 54.3 Å². The number of hydrogen-bond acceptors (Lipinski definition) is 2. The molecule has 2 aromatic rings. The number of unbranched alkanes of at least 4 members (excludes halogenated alkanes) is 1. The van der Waals surface area contributed by atoms with E-state index in [0.29, 0.717) is 12.0 Å². The van der Waals surface area contributed by atoms with E-state index in [-0.39, 0.29) is 11.8 Å². The minimum absolute atomic E-state index is 0.116. The van der Waals surface area contributed by atoms with Gasteiger partial charge >= 0.3 is 0 Å². The van der Waals surface area contributed by atoms with Gasteiger partial charge in [-0.1, -0.05) is 31.0 Å². The van der Waals surface area contributed by atoms with Crippen LogP contribution in [0.2, 0.25) is 0 Å². The zero-order valence-corrected chi connectivity index (χ0v) is 14.8. The second-order valence-corrected chi connectivity index (χ2v) is 6.56. The number of carbonyl (C=O) groups is 2.